The van der Waals surface area contributed by atoms with Crippen LogP contribution in [0.25, 0.3) is 5.69 Å². The van der Waals surface area contributed by atoms with Crippen LogP contribution in [0.15, 0.2) is 56.5 Å². The third-order valence-corrected chi connectivity index (χ3v) is 3.50. The molecule has 108 valence electrons. The van der Waals surface area contributed by atoms with Crippen molar-refractivity contribution in [3.63, 3.8) is 0 Å². The van der Waals surface area contributed by atoms with Crippen LogP contribution in [0.5, 0.6) is 0 Å². The molecule has 0 bridgehead atoms. The molecule has 0 atom stereocenters. The first-order valence-corrected chi connectivity index (χ1v) is 7.52. The Labute approximate surface area is 133 Å². The summed E-state index contributed by atoms with van der Waals surface area (Å²) in [5, 5.41) is 6.50. The van der Waals surface area contributed by atoms with Gasteiger partial charge in [0.1, 0.15) is 5.16 Å². The van der Waals surface area contributed by atoms with E-state index in [2.05, 4.69) is 40.3 Å². The van der Waals surface area contributed by atoms with Crippen molar-refractivity contribution in [1.82, 2.24) is 9.78 Å². The molecule has 0 spiro atoms. The lowest BCUT2D eigenvalue weighted by Crippen LogP contribution is -1.96. The highest BCUT2D eigenvalue weighted by Crippen LogP contribution is 2.12. The van der Waals surface area contributed by atoms with Gasteiger partial charge in [-0.3, -0.25) is 0 Å². The van der Waals surface area contributed by atoms with Crippen LogP contribution >= 0.6 is 23.5 Å². The van der Waals surface area contributed by atoms with Crippen molar-refractivity contribution in [2.24, 2.45) is 9.39 Å². The summed E-state index contributed by atoms with van der Waals surface area (Å²) in [6.45, 7) is 5.40. The molecule has 21 heavy (non-hydrogen) atoms. The Morgan fingerprint density at radius 3 is 2.86 bits per heavy atom. The van der Waals surface area contributed by atoms with E-state index in [1.165, 1.54) is 5.56 Å². The highest BCUT2D eigenvalue weighted by Gasteiger charge is 2.00. The Hall–Kier alpha value is -1.85. The van der Waals surface area contributed by atoms with Gasteiger partial charge in [-0.05, 0) is 31.8 Å². The molecule has 4 nitrogen and oxygen atoms in total. The zero-order valence-corrected chi connectivity index (χ0v) is 13.2. The quantitative estimate of drug-likeness (QED) is 0.455. The molecule has 0 saturated carbocycles. The van der Waals surface area contributed by atoms with E-state index < -0.39 is 0 Å². The Morgan fingerprint density at radius 1 is 1.38 bits per heavy atom. The molecule has 0 aliphatic heterocycles. The van der Waals surface area contributed by atoms with Gasteiger partial charge in [-0.2, -0.15) is 5.10 Å². The van der Waals surface area contributed by atoms with Gasteiger partial charge in [-0.1, -0.05) is 29.3 Å². The molecule has 0 aliphatic rings. The normalized spacial score (nSPS) is 12.0. The van der Waals surface area contributed by atoms with Crippen molar-refractivity contribution in [3.8, 4) is 5.69 Å². The molecule has 2 aromatic rings. The predicted molar refractivity (Wildman–Crippen MR) is 91.6 cm³/mol. The van der Waals surface area contributed by atoms with Gasteiger partial charge in [-0.25, -0.2) is 14.1 Å². The summed E-state index contributed by atoms with van der Waals surface area (Å²) in [5.41, 5.74) is 3.19. The SMILES string of the molecule is C=NS/C=C(Cl)\N=C/Cc1ccn(-c2ccc(C)cc2)n1. The first-order chi connectivity index (χ1) is 10.2. The third-order valence-electron chi connectivity index (χ3n) is 2.68. The van der Waals surface area contributed by atoms with Crippen LogP contribution in [0.1, 0.15) is 11.3 Å². The summed E-state index contributed by atoms with van der Waals surface area (Å²) in [6.07, 6.45) is 4.28. The molecule has 0 saturated heterocycles. The second-order valence-corrected chi connectivity index (χ2v) is 5.37. The van der Waals surface area contributed by atoms with Gasteiger partial charge < -0.3 is 0 Å². The van der Waals surface area contributed by atoms with Crippen LogP contribution in [0.2, 0.25) is 0 Å². The number of halogens is 1. The molecule has 1 aromatic heterocycles. The fourth-order valence-electron chi connectivity index (χ4n) is 1.65. The molecule has 0 unspecified atom stereocenters. The number of aromatic nitrogens is 2. The average Bonchev–Trinajstić information content (AvgIpc) is 2.95. The van der Waals surface area contributed by atoms with Gasteiger partial charge >= 0.3 is 0 Å². The van der Waals surface area contributed by atoms with E-state index in [-0.39, 0.29) is 0 Å². The molecular formula is C15H15ClN4S. The first-order valence-electron chi connectivity index (χ1n) is 6.30. The van der Waals surface area contributed by atoms with E-state index in [4.69, 9.17) is 11.6 Å². The number of aryl methyl sites for hydroxylation is 1. The minimum Gasteiger partial charge on any atom is -0.248 e. The van der Waals surface area contributed by atoms with Crippen LogP contribution < -0.4 is 0 Å². The molecule has 0 N–H and O–H groups in total. The zero-order chi connectivity index (χ0) is 15.1. The maximum absolute atomic E-state index is 5.87. The smallest absolute Gasteiger partial charge is 0.136 e. The first kappa shape index (κ1) is 15.5. The minimum absolute atomic E-state index is 0.380. The minimum atomic E-state index is 0.380. The zero-order valence-electron chi connectivity index (χ0n) is 11.6. The summed E-state index contributed by atoms with van der Waals surface area (Å²) in [7, 11) is 0. The molecule has 1 aromatic carbocycles. The second-order valence-electron chi connectivity index (χ2n) is 4.28. The van der Waals surface area contributed by atoms with E-state index >= 15 is 0 Å². The van der Waals surface area contributed by atoms with E-state index in [0.717, 1.165) is 23.3 Å². The lowest BCUT2D eigenvalue weighted by molar-refractivity contribution is 0.856. The van der Waals surface area contributed by atoms with E-state index in [0.29, 0.717) is 11.6 Å². The molecule has 0 amide bonds. The van der Waals surface area contributed by atoms with Crippen molar-refractivity contribution in [2.45, 2.75) is 13.3 Å². The molecule has 6 heteroatoms. The van der Waals surface area contributed by atoms with Crippen molar-refractivity contribution >= 4 is 36.5 Å². The summed E-state index contributed by atoms with van der Waals surface area (Å²) < 4.78 is 5.45. The van der Waals surface area contributed by atoms with Gasteiger partial charge in [-0.15, -0.1) is 0 Å². The maximum Gasteiger partial charge on any atom is 0.136 e. The van der Waals surface area contributed by atoms with Crippen molar-refractivity contribution in [3.05, 3.63) is 58.4 Å². The third kappa shape index (κ3) is 4.88. The molecule has 0 aliphatic carbocycles. The number of hydrogen-bond acceptors (Lipinski definition) is 4. The van der Waals surface area contributed by atoms with E-state index in [1.807, 2.05) is 29.1 Å². The Morgan fingerprint density at radius 2 is 2.14 bits per heavy atom. The van der Waals surface area contributed by atoms with Crippen molar-refractivity contribution < 1.29 is 0 Å². The van der Waals surface area contributed by atoms with E-state index in [9.17, 15) is 0 Å². The van der Waals surface area contributed by atoms with Gasteiger partial charge in [0.15, 0.2) is 0 Å². The highest BCUT2D eigenvalue weighted by atomic mass is 35.5. The Kier molecular flexibility index (Phi) is 5.78. The predicted octanol–water partition coefficient (Wildman–Crippen LogP) is 4.18. The van der Waals surface area contributed by atoms with Gasteiger partial charge in [0.2, 0.25) is 0 Å². The lowest BCUT2D eigenvalue weighted by atomic mass is 10.2. The molecule has 1 heterocycles. The summed E-state index contributed by atoms with van der Waals surface area (Å²) >= 11 is 7.02. The van der Waals surface area contributed by atoms with Gasteiger partial charge in [0.05, 0.1) is 11.4 Å². The maximum atomic E-state index is 5.87. The number of nitrogens with zero attached hydrogens (tertiary/aromatic N) is 4. The molecule has 0 radical (unpaired) electrons. The highest BCUT2D eigenvalue weighted by molar-refractivity contribution is 8.01. The molecule has 2 rings (SSSR count). The van der Waals surface area contributed by atoms with Crippen LogP contribution in [0.4, 0.5) is 0 Å². The van der Waals surface area contributed by atoms with Crippen molar-refractivity contribution in [2.75, 3.05) is 0 Å². The topological polar surface area (TPSA) is 42.5 Å². The second kappa shape index (κ2) is 7.81. The molecule has 0 fully saturated rings. The summed E-state index contributed by atoms with van der Waals surface area (Å²) in [4.78, 5) is 4.09. The lowest BCUT2D eigenvalue weighted by Gasteiger charge is -2.01. The van der Waals surface area contributed by atoms with Crippen LogP contribution in [-0.2, 0) is 6.42 Å². The summed E-state index contributed by atoms with van der Waals surface area (Å²) in [6, 6.07) is 10.2. The summed E-state index contributed by atoms with van der Waals surface area (Å²) in [5.74, 6) is 0. The number of hydrogen-bond donors (Lipinski definition) is 0. The van der Waals surface area contributed by atoms with Gasteiger partial charge in [0, 0.05) is 36.2 Å². The number of aliphatic imine (C=N–C) groups is 1. The number of rotatable bonds is 6. The molecular weight excluding hydrogens is 304 g/mol. The Bertz CT molecular complexity index is 659. The van der Waals surface area contributed by atoms with E-state index in [1.54, 1.807) is 11.6 Å². The fourth-order valence-corrected chi connectivity index (χ4v) is 2.06. The largest absolute Gasteiger partial charge is 0.248 e. The monoisotopic (exact) mass is 318 g/mol. The average molecular weight is 319 g/mol. The van der Waals surface area contributed by atoms with Crippen molar-refractivity contribution in [1.29, 1.82) is 0 Å². The fraction of sp³-hybridized carbons (Fsp3) is 0.133. The van der Waals surface area contributed by atoms with Crippen LogP contribution in [0, 0.1) is 6.92 Å². The van der Waals surface area contributed by atoms with Gasteiger partial charge in [0.25, 0.3) is 0 Å². The van der Waals surface area contributed by atoms with Crippen LogP contribution in [-0.4, -0.2) is 22.7 Å². The Balaban J connectivity index is 1.99. The van der Waals surface area contributed by atoms with Crippen LogP contribution in [0.3, 0.4) is 0 Å². The number of benzene rings is 1. The standard InChI is InChI=1S/C15H15ClN4S/c1-12-3-5-14(6-4-12)20-10-8-13(19-20)7-9-18-15(16)11-21-17-2/h3-6,8-11H,2,7H2,1H3/b15-11-,18-9-.